The van der Waals surface area contributed by atoms with Gasteiger partial charge in [-0.25, -0.2) is 9.97 Å². The second-order valence-electron chi connectivity index (χ2n) is 17.9. The van der Waals surface area contributed by atoms with E-state index in [1.165, 1.54) is 21.5 Å². The Morgan fingerprint density at radius 3 is 1.08 bits per heavy atom. The van der Waals surface area contributed by atoms with Crippen molar-refractivity contribution in [3.63, 3.8) is 0 Å². The molecule has 3 aromatic heterocycles. The van der Waals surface area contributed by atoms with Gasteiger partial charge in [0.05, 0.1) is 33.4 Å². The Kier molecular flexibility index (Phi) is 10.3. The predicted molar refractivity (Wildman–Crippen MR) is 296 cm³/mol. The topological polar surface area (TPSA) is 42.1 Å². The lowest BCUT2D eigenvalue weighted by molar-refractivity contribution is 1.09. The number of hydrogen-bond donors (Lipinski definition) is 0. The number of aromatic nitrogens is 4. The molecule has 0 unspecified atom stereocenters. The number of rotatable bonds is 10. The summed E-state index contributed by atoms with van der Waals surface area (Å²) in [6, 6.07) is 89.3. The van der Waals surface area contributed by atoms with Crippen LogP contribution in [0.4, 0.5) is 34.1 Å². The average molecular weight is 911 g/mol. The first-order valence-corrected chi connectivity index (χ1v) is 24.1. The van der Waals surface area contributed by atoms with Gasteiger partial charge in [-0.2, -0.15) is 0 Å². The number of nitrogens with zero attached hydrogens (tertiary/aromatic N) is 6. The second-order valence-corrected chi connectivity index (χ2v) is 17.9. The molecule has 336 valence electrons. The van der Waals surface area contributed by atoms with Crippen molar-refractivity contribution in [3.8, 4) is 33.9 Å². The van der Waals surface area contributed by atoms with E-state index < -0.39 is 0 Å². The van der Waals surface area contributed by atoms with Crippen LogP contribution in [0.25, 0.3) is 77.5 Å². The van der Waals surface area contributed by atoms with E-state index in [-0.39, 0.29) is 0 Å². The average Bonchev–Trinajstić information content (AvgIpc) is 3.95. The van der Waals surface area contributed by atoms with Crippen LogP contribution in [0, 0.1) is 6.92 Å². The van der Waals surface area contributed by atoms with Crippen LogP contribution >= 0.6 is 0 Å². The Labute approximate surface area is 412 Å². The minimum atomic E-state index is 0.704. The molecule has 13 aromatic rings. The third kappa shape index (κ3) is 7.29. The highest BCUT2D eigenvalue weighted by Crippen LogP contribution is 2.44. The number of para-hydroxylation sites is 6. The molecular formula is C65H46N6. The van der Waals surface area contributed by atoms with Crippen LogP contribution < -0.4 is 9.80 Å². The smallest absolute Gasteiger partial charge is 0.159 e. The molecule has 0 atom stereocenters. The molecule has 0 spiro atoms. The van der Waals surface area contributed by atoms with Gasteiger partial charge in [0.15, 0.2) is 5.82 Å². The highest BCUT2D eigenvalue weighted by Gasteiger charge is 2.23. The third-order valence-electron chi connectivity index (χ3n) is 13.8. The molecule has 0 amide bonds. The zero-order chi connectivity index (χ0) is 47.3. The molecule has 3 heterocycles. The number of anilines is 6. The van der Waals surface area contributed by atoms with E-state index in [1.54, 1.807) is 12.4 Å². The van der Waals surface area contributed by atoms with Crippen molar-refractivity contribution in [3.05, 3.63) is 267 Å². The SMILES string of the molecule is Cc1c(-n2c3ccccc3c3cc(N(c4ccccc4)c4ccccc4)ccc32)cc(-c2ccc(-c3ncccn3)cc2)cc1-n1c2ccccc2c2cc(N(c3ccccc3)c3ccccc3)ccc21. The van der Waals surface area contributed by atoms with Gasteiger partial charge in [0.25, 0.3) is 0 Å². The van der Waals surface area contributed by atoms with E-state index in [0.717, 1.165) is 89.8 Å². The molecule has 0 aliphatic rings. The van der Waals surface area contributed by atoms with Gasteiger partial charge in [-0.15, -0.1) is 0 Å². The fraction of sp³-hybridized carbons (Fsp3) is 0.0154. The zero-order valence-electron chi connectivity index (χ0n) is 39.0. The molecule has 0 aliphatic carbocycles. The first kappa shape index (κ1) is 41.7. The lowest BCUT2D eigenvalue weighted by Crippen LogP contribution is -2.09. The summed E-state index contributed by atoms with van der Waals surface area (Å²) in [4.78, 5) is 13.8. The van der Waals surface area contributed by atoms with E-state index in [0.29, 0.717) is 5.82 Å². The summed E-state index contributed by atoms with van der Waals surface area (Å²) in [6.45, 7) is 2.29. The predicted octanol–water partition coefficient (Wildman–Crippen LogP) is 17.3. The van der Waals surface area contributed by atoms with E-state index in [4.69, 9.17) is 0 Å². The van der Waals surface area contributed by atoms with Gasteiger partial charge in [-0.05, 0) is 139 Å². The molecule has 0 radical (unpaired) electrons. The molecule has 0 bridgehead atoms. The van der Waals surface area contributed by atoms with Crippen molar-refractivity contribution in [1.82, 2.24) is 19.1 Å². The quantitative estimate of drug-likeness (QED) is 0.137. The molecule has 6 nitrogen and oxygen atoms in total. The summed E-state index contributed by atoms with van der Waals surface area (Å²) in [5.41, 5.74) is 17.7. The van der Waals surface area contributed by atoms with Crippen LogP contribution in [0.2, 0.25) is 0 Å². The summed E-state index contributed by atoms with van der Waals surface area (Å²) in [7, 11) is 0. The standard InChI is InChI=1S/C65H46N6/c1-45-63(70-59-29-16-14-27-55(59)57-43-53(35-37-61(57)70)68(49-19-6-2-7-20-49)50-21-8-3-9-22-50)41-48(46-31-33-47(34-32-46)65-66-39-18-40-67-65)42-64(45)71-60-30-17-15-28-56(60)58-44-54(36-38-62(58)71)69(51-23-10-4-11-24-51)52-25-12-5-13-26-52/h2-44H,1H3. The molecule has 0 N–H and O–H groups in total. The highest BCUT2D eigenvalue weighted by atomic mass is 15.1. The normalized spacial score (nSPS) is 11.5. The van der Waals surface area contributed by atoms with Crippen LogP contribution in [-0.2, 0) is 0 Å². The van der Waals surface area contributed by atoms with Gasteiger partial charge in [0, 0.05) is 73.6 Å². The lowest BCUT2D eigenvalue weighted by Gasteiger charge is -2.25. The van der Waals surface area contributed by atoms with Crippen LogP contribution in [0.1, 0.15) is 5.56 Å². The van der Waals surface area contributed by atoms with Gasteiger partial charge in [-0.3, -0.25) is 0 Å². The maximum atomic E-state index is 4.55. The fourth-order valence-corrected chi connectivity index (χ4v) is 10.5. The van der Waals surface area contributed by atoms with Crippen molar-refractivity contribution in [2.75, 3.05) is 9.80 Å². The molecule has 0 saturated carbocycles. The fourth-order valence-electron chi connectivity index (χ4n) is 10.5. The van der Waals surface area contributed by atoms with Crippen LogP contribution in [0.15, 0.2) is 261 Å². The summed E-state index contributed by atoms with van der Waals surface area (Å²) >= 11 is 0. The Balaban J connectivity index is 1.05. The summed E-state index contributed by atoms with van der Waals surface area (Å²) in [5.74, 6) is 0.704. The van der Waals surface area contributed by atoms with Gasteiger partial charge >= 0.3 is 0 Å². The Morgan fingerprint density at radius 1 is 0.296 bits per heavy atom. The number of fused-ring (bicyclic) bond motifs is 6. The van der Waals surface area contributed by atoms with Crippen molar-refractivity contribution in [1.29, 1.82) is 0 Å². The van der Waals surface area contributed by atoms with Gasteiger partial charge in [0.1, 0.15) is 0 Å². The maximum absolute atomic E-state index is 4.55. The largest absolute Gasteiger partial charge is 0.310 e. The van der Waals surface area contributed by atoms with Gasteiger partial charge < -0.3 is 18.9 Å². The maximum Gasteiger partial charge on any atom is 0.159 e. The third-order valence-corrected chi connectivity index (χ3v) is 13.8. The Morgan fingerprint density at radius 2 is 0.662 bits per heavy atom. The molecule has 0 saturated heterocycles. The number of benzene rings is 10. The summed E-state index contributed by atoms with van der Waals surface area (Å²) in [6.07, 6.45) is 3.58. The van der Waals surface area contributed by atoms with Crippen LogP contribution in [0.5, 0.6) is 0 Å². The second kappa shape index (κ2) is 17.5. The Hall–Kier alpha value is -9.52. The summed E-state index contributed by atoms with van der Waals surface area (Å²) < 4.78 is 4.95. The zero-order valence-corrected chi connectivity index (χ0v) is 39.0. The van der Waals surface area contributed by atoms with Gasteiger partial charge in [0.2, 0.25) is 0 Å². The first-order valence-electron chi connectivity index (χ1n) is 24.1. The van der Waals surface area contributed by atoms with Crippen molar-refractivity contribution in [2.45, 2.75) is 6.92 Å². The molecular weight excluding hydrogens is 865 g/mol. The summed E-state index contributed by atoms with van der Waals surface area (Å²) in [5, 5.41) is 4.74. The van der Waals surface area contributed by atoms with E-state index in [9.17, 15) is 0 Å². The molecule has 0 fully saturated rings. The first-order chi connectivity index (χ1) is 35.2. The van der Waals surface area contributed by atoms with Crippen LogP contribution in [-0.4, -0.2) is 19.1 Å². The van der Waals surface area contributed by atoms with Crippen LogP contribution in [0.3, 0.4) is 0 Å². The molecule has 71 heavy (non-hydrogen) atoms. The number of hydrogen-bond acceptors (Lipinski definition) is 4. The lowest BCUT2D eigenvalue weighted by atomic mass is 9.99. The minimum absolute atomic E-state index is 0.704. The van der Waals surface area contributed by atoms with Gasteiger partial charge in [-0.1, -0.05) is 133 Å². The molecule has 10 aromatic carbocycles. The minimum Gasteiger partial charge on any atom is -0.310 e. The van der Waals surface area contributed by atoms with E-state index in [1.807, 2.05) is 6.07 Å². The Bertz CT molecular complexity index is 3740. The van der Waals surface area contributed by atoms with E-state index >= 15 is 0 Å². The molecule has 6 heteroatoms. The highest BCUT2D eigenvalue weighted by molar-refractivity contribution is 6.12. The van der Waals surface area contributed by atoms with E-state index in [2.05, 4.69) is 278 Å². The molecule has 13 rings (SSSR count). The van der Waals surface area contributed by atoms with Crippen molar-refractivity contribution < 1.29 is 0 Å². The monoisotopic (exact) mass is 910 g/mol. The van der Waals surface area contributed by atoms with Crippen molar-refractivity contribution >= 4 is 77.7 Å². The molecule has 0 aliphatic heterocycles. The van der Waals surface area contributed by atoms with Crippen molar-refractivity contribution in [2.24, 2.45) is 0 Å².